The monoisotopic (exact) mass is 417 g/mol. The summed E-state index contributed by atoms with van der Waals surface area (Å²) < 4.78 is 2.54. The van der Waals surface area contributed by atoms with Gasteiger partial charge in [-0.25, -0.2) is 0 Å². The van der Waals surface area contributed by atoms with Crippen molar-refractivity contribution in [2.45, 2.75) is 6.92 Å². The van der Waals surface area contributed by atoms with Crippen LogP contribution in [0.5, 0.6) is 0 Å². The molecule has 4 aromatic rings. The van der Waals surface area contributed by atoms with E-state index in [4.69, 9.17) is 0 Å². The predicted molar refractivity (Wildman–Crippen MR) is 110 cm³/mol. The number of carbonyl (C=O) groups is 2. The quantitative estimate of drug-likeness (QED) is 0.405. The van der Waals surface area contributed by atoms with E-state index in [1.807, 2.05) is 61.5 Å². The molecular formula is C23H16BrNO2. The second kappa shape index (κ2) is 6.97. The van der Waals surface area contributed by atoms with Gasteiger partial charge in [-0.1, -0.05) is 64.5 Å². The molecule has 27 heavy (non-hydrogen) atoms. The van der Waals surface area contributed by atoms with Gasteiger partial charge < -0.3 is 0 Å². The van der Waals surface area contributed by atoms with Crippen LogP contribution >= 0.6 is 15.9 Å². The van der Waals surface area contributed by atoms with E-state index in [0.717, 1.165) is 15.4 Å². The summed E-state index contributed by atoms with van der Waals surface area (Å²) in [5, 5.41) is 0.786. The van der Waals surface area contributed by atoms with Crippen LogP contribution in [0.2, 0.25) is 0 Å². The van der Waals surface area contributed by atoms with Crippen molar-refractivity contribution in [2.75, 3.05) is 0 Å². The Kier molecular flexibility index (Phi) is 4.50. The summed E-state index contributed by atoms with van der Waals surface area (Å²) in [6.07, 6.45) is 0. The van der Waals surface area contributed by atoms with Crippen LogP contribution < -0.4 is 0 Å². The predicted octanol–water partition coefficient (Wildman–Crippen LogP) is 5.63. The third-order valence-electron chi connectivity index (χ3n) is 4.67. The summed E-state index contributed by atoms with van der Waals surface area (Å²) in [5.41, 5.74) is 3.14. The molecule has 132 valence electrons. The van der Waals surface area contributed by atoms with Crippen molar-refractivity contribution in [3.8, 4) is 0 Å². The first-order chi connectivity index (χ1) is 13.1. The molecule has 0 aliphatic rings. The fourth-order valence-corrected chi connectivity index (χ4v) is 3.64. The van der Waals surface area contributed by atoms with Crippen molar-refractivity contribution in [1.82, 2.24) is 4.57 Å². The SMILES string of the molecule is Cc1c(C(=O)c2ccccc2)c2ccccc2n1C(=O)c1ccc(Br)cc1. The van der Waals surface area contributed by atoms with Gasteiger partial charge in [0.05, 0.1) is 11.1 Å². The lowest BCUT2D eigenvalue weighted by Gasteiger charge is -2.08. The number of carbonyl (C=O) groups excluding carboxylic acids is 2. The minimum absolute atomic E-state index is 0.0772. The zero-order valence-electron chi connectivity index (χ0n) is 14.6. The maximum atomic E-state index is 13.2. The first kappa shape index (κ1) is 17.4. The van der Waals surface area contributed by atoms with Crippen molar-refractivity contribution in [2.24, 2.45) is 0 Å². The number of aromatic nitrogens is 1. The lowest BCUT2D eigenvalue weighted by Crippen LogP contribution is -2.14. The van der Waals surface area contributed by atoms with Crippen LogP contribution in [0.15, 0.2) is 83.3 Å². The van der Waals surface area contributed by atoms with Gasteiger partial charge in [-0.05, 0) is 37.3 Å². The van der Waals surface area contributed by atoms with Gasteiger partial charge in [0.2, 0.25) is 0 Å². The Bertz CT molecular complexity index is 1160. The molecule has 0 amide bonds. The lowest BCUT2D eigenvalue weighted by molar-refractivity contribution is 0.0963. The fraction of sp³-hybridized carbons (Fsp3) is 0.0435. The normalized spacial score (nSPS) is 10.9. The maximum absolute atomic E-state index is 13.2. The van der Waals surface area contributed by atoms with E-state index in [9.17, 15) is 9.59 Å². The van der Waals surface area contributed by atoms with E-state index < -0.39 is 0 Å². The molecule has 0 saturated carbocycles. The molecule has 3 aromatic carbocycles. The van der Waals surface area contributed by atoms with Crippen molar-refractivity contribution >= 4 is 38.5 Å². The number of para-hydroxylation sites is 1. The van der Waals surface area contributed by atoms with Crippen LogP contribution in [0, 0.1) is 6.92 Å². The van der Waals surface area contributed by atoms with Gasteiger partial charge in [0.1, 0.15) is 0 Å². The minimum atomic E-state index is -0.150. The van der Waals surface area contributed by atoms with E-state index in [0.29, 0.717) is 22.4 Å². The highest BCUT2D eigenvalue weighted by Crippen LogP contribution is 2.29. The third-order valence-corrected chi connectivity index (χ3v) is 5.20. The summed E-state index contributed by atoms with van der Waals surface area (Å²) in [6, 6.07) is 23.9. The largest absolute Gasteiger partial charge is 0.289 e. The molecule has 0 radical (unpaired) electrons. The number of halogens is 1. The summed E-state index contributed by atoms with van der Waals surface area (Å²) >= 11 is 3.39. The van der Waals surface area contributed by atoms with Gasteiger partial charge in [-0.2, -0.15) is 0 Å². The molecule has 4 rings (SSSR count). The van der Waals surface area contributed by atoms with E-state index >= 15 is 0 Å². The molecule has 0 saturated heterocycles. The number of ketones is 1. The van der Waals surface area contributed by atoms with Crippen LogP contribution in [-0.2, 0) is 0 Å². The summed E-state index contributed by atoms with van der Waals surface area (Å²) in [6.45, 7) is 1.83. The van der Waals surface area contributed by atoms with Crippen LogP contribution in [0.1, 0.15) is 32.0 Å². The zero-order chi connectivity index (χ0) is 19.0. The molecule has 0 aliphatic heterocycles. The van der Waals surface area contributed by atoms with E-state index in [1.54, 1.807) is 28.8 Å². The molecule has 0 unspecified atom stereocenters. The van der Waals surface area contributed by atoms with Crippen molar-refractivity contribution in [1.29, 1.82) is 0 Å². The summed E-state index contributed by atoms with van der Waals surface area (Å²) in [4.78, 5) is 26.4. The topological polar surface area (TPSA) is 39.1 Å². The average Bonchev–Trinajstić information content (AvgIpc) is 3.00. The number of nitrogens with zero attached hydrogens (tertiary/aromatic N) is 1. The van der Waals surface area contributed by atoms with Gasteiger partial charge >= 0.3 is 0 Å². The second-order valence-corrected chi connectivity index (χ2v) is 7.24. The Morgan fingerprint density at radius 1 is 0.778 bits per heavy atom. The highest BCUT2D eigenvalue weighted by Gasteiger charge is 2.24. The van der Waals surface area contributed by atoms with E-state index in [-0.39, 0.29) is 11.7 Å². The van der Waals surface area contributed by atoms with Crippen LogP contribution in [0.25, 0.3) is 10.9 Å². The van der Waals surface area contributed by atoms with Gasteiger partial charge in [-0.15, -0.1) is 0 Å². The van der Waals surface area contributed by atoms with Gasteiger partial charge in [0.25, 0.3) is 5.91 Å². The zero-order valence-corrected chi connectivity index (χ0v) is 16.2. The first-order valence-corrected chi connectivity index (χ1v) is 9.37. The highest BCUT2D eigenvalue weighted by atomic mass is 79.9. The molecule has 0 N–H and O–H groups in total. The average molecular weight is 418 g/mol. The standard InChI is InChI=1S/C23H16BrNO2/c1-15-21(22(26)16-7-3-2-4-8-16)19-9-5-6-10-20(19)25(15)23(27)17-11-13-18(24)14-12-17/h2-14H,1H3. The molecular weight excluding hydrogens is 402 g/mol. The molecule has 4 heteroatoms. The van der Waals surface area contributed by atoms with Crippen LogP contribution in [0.4, 0.5) is 0 Å². The van der Waals surface area contributed by atoms with E-state index in [1.165, 1.54) is 0 Å². The molecule has 0 aliphatic carbocycles. The van der Waals surface area contributed by atoms with Crippen molar-refractivity contribution in [3.05, 3.63) is 106 Å². The highest BCUT2D eigenvalue weighted by molar-refractivity contribution is 9.10. The number of fused-ring (bicyclic) bond motifs is 1. The van der Waals surface area contributed by atoms with Crippen molar-refractivity contribution < 1.29 is 9.59 Å². The Morgan fingerprint density at radius 3 is 2.11 bits per heavy atom. The second-order valence-electron chi connectivity index (χ2n) is 6.32. The molecule has 1 heterocycles. The number of benzene rings is 3. The molecule has 0 bridgehead atoms. The Labute approximate surface area is 165 Å². The number of hydrogen-bond donors (Lipinski definition) is 0. The van der Waals surface area contributed by atoms with Crippen LogP contribution in [-0.4, -0.2) is 16.3 Å². The van der Waals surface area contributed by atoms with Gasteiger partial charge in [0.15, 0.2) is 5.78 Å². The molecule has 0 spiro atoms. The first-order valence-electron chi connectivity index (χ1n) is 8.58. The van der Waals surface area contributed by atoms with E-state index in [2.05, 4.69) is 15.9 Å². The lowest BCUT2D eigenvalue weighted by atomic mass is 10.0. The van der Waals surface area contributed by atoms with Crippen LogP contribution in [0.3, 0.4) is 0 Å². The van der Waals surface area contributed by atoms with Gasteiger partial charge in [-0.3, -0.25) is 14.2 Å². The third kappa shape index (κ3) is 3.02. The Morgan fingerprint density at radius 2 is 1.41 bits per heavy atom. The number of rotatable bonds is 3. The smallest absolute Gasteiger partial charge is 0.262 e. The molecule has 0 fully saturated rings. The summed E-state index contributed by atoms with van der Waals surface area (Å²) in [5.74, 6) is -0.227. The number of hydrogen-bond acceptors (Lipinski definition) is 2. The molecule has 1 aromatic heterocycles. The Hall–Kier alpha value is -2.98. The Balaban J connectivity index is 1.93. The molecule has 3 nitrogen and oxygen atoms in total. The van der Waals surface area contributed by atoms with Gasteiger partial charge in [0, 0.05) is 26.7 Å². The maximum Gasteiger partial charge on any atom is 0.262 e. The minimum Gasteiger partial charge on any atom is -0.289 e. The van der Waals surface area contributed by atoms with Crippen molar-refractivity contribution in [3.63, 3.8) is 0 Å². The molecule has 0 atom stereocenters. The summed E-state index contributed by atoms with van der Waals surface area (Å²) in [7, 11) is 0. The fourth-order valence-electron chi connectivity index (χ4n) is 3.37.